The summed E-state index contributed by atoms with van der Waals surface area (Å²) >= 11 is 0. The first-order valence-electron chi connectivity index (χ1n) is 7.16. The van der Waals surface area contributed by atoms with E-state index in [1.807, 2.05) is 0 Å². The lowest BCUT2D eigenvalue weighted by Crippen LogP contribution is -2.27. The van der Waals surface area contributed by atoms with E-state index in [0.29, 0.717) is 0 Å². The van der Waals surface area contributed by atoms with Gasteiger partial charge in [-0.15, -0.1) is 0 Å². The quantitative estimate of drug-likeness (QED) is 0.761. The third kappa shape index (κ3) is 2.67. The summed E-state index contributed by atoms with van der Waals surface area (Å²) in [6.45, 7) is 0. The summed E-state index contributed by atoms with van der Waals surface area (Å²) in [6, 6.07) is 7.87. The maximum atomic E-state index is 14.1. The van der Waals surface area contributed by atoms with Gasteiger partial charge in [0, 0.05) is 14.1 Å². The number of aromatic nitrogens is 2. The Balaban J connectivity index is 2.39. The molecular formula is C16H14FN3O4S. The average molecular weight is 363 g/mol. The van der Waals surface area contributed by atoms with Gasteiger partial charge in [0.15, 0.2) is 0 Å². The van der Waals surface area contributed by atoms with Crippen molar-refractivity contribution in [2.75, 3.05) is 14.1 Å². The predicted octanol–water partition coefficient (Wildman–Crippen LogP) is 1.48. The number of rotatable bonds is 3. The van der Waals surface area contributed by atoms with Gasteiger partial charge < -0.3 is 5.11 Å². The second-order valence-electron chi connectivity index (χ2n) is 5.47. The van der Waals surface area contributed by atoms with Crippen molar-refractivity contribution in [3.05, 3.63) is 58.8 Å². The zero-order valence-corrected chi connectivity index (χ0v) is 14.2. The number of phenolic OH excluding ortho intramolecular Hbond substituents is 1. The van der Waals surface area contributed by atoms with Crippen molar-refractivity contribution in [3.63, 3.8) is 0 Å². The topological polar surface area (TPSA) is 92.5 Å². The molecule has 0 aliphatic heterocycles. The predicted molar refractivity (Wildman–Crippen MR) is 89.8 cm³/mol. The minimum Gasteiger partial charge on any atom is -0.507 e. The fraction of sp³-hybridized carbons (Fsp3) is 0.125. The monoisotopic (exact) mass is 363 g/mol. The first-order chi connectivity index (χ1) is 11.7. The summed E-state index contributed by atoms with van der Waals surface area (Å²) in [7, 11) is -1.13. The third-order valence-electron chi connectivity index (χ3n) is 3.73. The number of halogens is 1. The number of benzene rings is 2. The molecule has 9 heteroatoms. The van der Waals surface area contributed by atoms with Gasteiger partial charge in [0.2, 0.25) is 10.0 Å². The number of sulfonamides is 1. The number of fused-ring (bicyclic) bond motifs is 1. The first kappa shape index (κ1) is 17.1. The molecule has 0 bridgehead atoms. The van der Waals surface area contributed by atoms with Crippen LogP contribution in [-0.4, -0.2) is 41.7 Å². The highest BCUT2D eigenvalue weighted by Crippen LogP contribution is 2.25. The third-order valence-corrected chi connectivity index (χ3v) is 5.59. The second kappa shape index (κ2) is 5.94. The Bertz CT molecular complexity index is 1140. The van der Waals surface area contributed by atoms with E-state index in [1.165, 1.54) is 32.3 Å². The number of para-hydroxylation sites is 1. The number of aromatic hydroxyl groups is 1. The van der Waals surface area contributed by atoms with Gasteiger partial charge in [-0.05, 0) is 24.3 Å². The van der Waals surface area contributed by atoms with Crippen molar-refractivity contribution < 1.29 is 17.9 Å². The van der Waals surface area contributed by atoms with Gasteiger partial charge in [-0.3, -0.25) is 4.79 Å². The maximum Gasteiger partial charge on any atom is 0.282 e. The standard InChI is InChI=1S/C16H14FN3O4S/c1-19(2)25(23,24)14-6-4-3-5-12(14)20-16(22)15-10(9-18-20)13(21)8-7-11(15)17/h3-9,21H,1-2H3. The van der Waals surface area contributed by atoms with Crippen LogP contribution in [0, 0.1) is 5.82 Å². The Morgan fingerprint density at radius 1 is 1.16 bits per heavy atom. The number of phenols is 1. The first-order valence-corrected chi connectivity index (χ1v) is 8.60. The Morgan fingerprint density at radius 2 is 1.84 bits per heavy atom. The van der Waals surface area contributed by atoms with Crippen molar-refractivity contribution in [3.8, 4) is 11.4 Å². The lowest BCUT2D eigenvalue weighted by atomic mass is 10.1. The molecule has 1 aromatic heterocycles. The van der Waals surface area contributed by atoms with Gasteiger partial charge in [-0.1, -0.05) is 12.1 Å². The van der Waals surface area contributed by atoms with Crippen molar-refractivity contribution in [2.45, 2.75) is 4.90 Å². The smallest absolute Gasteiger partial charge is 0.282 e. The van der Waals surface area contributed by atoms with Crippen molar-refractivity contribution in [2.24, 2.45) is 0 Å². The summed E-state index contributed by atoms with van der Waals surface area (Å²) in [6.07, 6.45) is 1.12. The minimum absolute atomic E-state index is 0.00848. The molecule has 7 nitrogen and oxygen atoms in total. The van der Waals surface area contributed by atoms with Crippen LogP contribution in [-0.2, 0) is 10.0 Å². The summed E-state index contributed by atoms with van der Waals surface area (Å²) in [5, 5.41) is 13.3. The number of hydrogen-bond acceptors (Lipinski definition) is 5. The number of hydrogen-bond donors (Lipinski definition) is 1. The maximum absolute atomic E-state index is 14.1. The molecule has 1 N–H and O–H groups in total. The molecule has 0 spiro atoms. The van der Waals surface area contributed by atoms with Crippen LogP contribution in [0.1, 0.15) is 0 Å². The zero-order valence-electron chi connectivity index (χ0n) is 13.3. The van der Waals surface area contributed by atoms with E-state index in [9.17, 15) is 22.7 Å². The van der Waals surface area contributed by atoms with E-state index in [1.54, 1.807) is 6.07 Å². The lowest BCUT2D eigenvalue weighted by Gasteiger charge is -2.15. The van der Waals surface area contributed by atoms with Gasteiger partial charge in [-0.2, -0.15) is 9.78 Å². The van der Waals surface area contributed by atoms with Gasteiger partial charge in [0.05, 0.1) is 22.7 Å². The Kier molecular flexibility index (Phi) is 4.05. The Morgan fingerprint density at radius 3 is 2.52 bits per heavy atom. The molecule has 0 unspecified atom stereocenters. The summed E-state index contributed by atoms with van der Waals surface area (Å²) in [5.74, 6) is -1.12. The van der Waals surface area contributed by atoms with Crippen molar-refractivity contribution in [1.82, 2.24) is 14.1 Å². The van der Waals surface area contributed by atoms with Crippen LogP contribution >= 0.6 is 0 Å². The highest BCUT2D eigenvalue weighted by Gasteiger charge is 2.23. The summed E-state index contributed by atoms with van der Waals surface area (Å²) in [5.41, 5.74) is -0.877. The molecule has 0 aliphatic rings. The van der Waals surface area contributed by atoms with Crippen LogP contribution in [0.15, 0.2) is 52.3 Å². The van der Waals surface area contributed by atoms with Gasteiger partial charge in [-0.25, -0.2) is 17.1 Å². The van der Waals surface area contributed by atoms with Gasteiger partial charge in [0.1, 0.15) is 16.5 Å². The minimum atomic E-state index is -3.85. The van der Waals surface area contributed by atoms with E-state index in [4.69, 9.17) is 0 Å². The van der Waals surface area contributed by atoms with Crippen LogP contribution in [0.3, 0.4) is 0 Å². The van der Waals surface area contributed by atoms with Crippen LogP contribution in [0.5, 0.6) is 5.75 Å². The van der Waals surface area contributed by atoms with E-state index in [2.05, 4.69) is 5.10 Å². The van der Waals surface area contributed by atoms with E-state index in [0.717, 1.165) is 27.3 Å². The fourth-order valence-electron chi connectivity index (χ4n) is 2.42. The second-order valence-corrected chi connectivity index (χ2v) is 7.59. The fourth-order valence-corrected chi connectivity index (χ4v) is 3.49. The van der Waals surface area contributed by atoms with Crippen LogP contribution < -0.4 is 5.56 Å². The molecule has 0 atom stereocenters. The molecule has 3 aromatic rings. The molecule has 2 aromatic carbocycles. The Hall–Kier alpha value is -2.78. The summed E-state index contributed by atoms with van der Waals surface area (Å²) in [4.78, 5) is 12.5. The normalized spacial score (nSPS) is 12.0. The van der Waals surface area contributed by atoms with E-state index < -0.39 is 21.4 Å². The molecule has 130 valence electrons. The zero-order chi connectivity index (χ0) is 18.4. The molecule has 1 heterocycles. The largest absolute Gasteiger partial charge is 0.507 e. The average Bonchev–Trinajstić information content (AvgIpc) is 2.58. The lowest BCUT2D eigenvalue weighted by molar-refractivity contribution is 0.479. The molecular weight excluding hydrogens is 349 g/mol. The van der Waals surface area contributed by atoms with Crippen molar-refractivity contribution in [1.29, 1.82) is 0 Å². The van der Waals surface area contributed by atoms with Crippen LogP contribution in [0.2, 0.25) is 0 Å². The molecule has 0 radical (unpaired) electrons. The van der Waals surface area contributed by atoms with Crippen LogP contribution in [0.4, 0.5) is 4.39 Å². The Labute approximate surface area is 142 Å². The SMILES string of the molecule is CN(C)S(=O)(=O)c1ccccc1-n1ncc2c(O)ccc(F)c2c1=O. The van der Waals surface area contributed by atoms with Gasteiger partial charge >= 0.3 is 0 Å². The van der Waals surface area contributed by atoms with Crippen LogP contribution in [0.25, 0.3) is 16.5 Å². The molecule has 0 amide bonds. The highest BCUT2D eigenvalue weighted by atomic mass is 32.2. The molecule has 0 aliphatic carbocycles. The van der Waals surface area contributed by atoms with E-state index >= 15 is 0 Å². The van der Waals surface area contributed by atoms with E-state index in [-0.39, 0.29) is 27.1 Å². The molecule has 0 saturated heterocycles. The van der Waals surface area contributed by atoms with Crippen molar-refractivity contribution >= 4 is 20.8 Å². The highest BCUT2D eigenvalue weighted by molar-refractivity contribution is 7.89. The summed E-state index contributed by atoms with van der Waals surface area (Å²) < 4.78 is 40.9. The molecule has 0 fully saturated rings. The number of nitrogens with zero attached hydrogens (tertiary/aromatic N) is 3. The molecule has 0 saturated carbocycles. The van der Waals surface area contributed by atoms with Gasteiger partial charge in [0.25, 0.3) is 5.56 Å². The molecule has 25 heavy (non-hydrogen) atoms. The molecule has 3 rings (SSSR count).